The van der Waals surface area contributed by atoms with Crippen LogP contribution in [-0.2, 0) is 0 Å². The van der Waals surface area contributed by atoms with Crippen molar-refractivity contribution in [1.82, 2.24) is 4.57 Å². The lowest BCUT2D eigenvalue weighted by atomic mass is 9.99. The Morgan fingerprint density at radius 2 is 1.74 bits per heavy atom. The summed E-state index contributed by atoms with van der Waals surface area (Å²) in [6.45, 7) is 4.25. The van der Waals surface area contributed by atoms with E-state index in [1.165, 1.54) is 12.1 Å². The minimum Gasteiger partial charge on any atom is -0.338 e. The number of aldehydes is 1. The molecule has 23 heavy (non-hydrogen) atoms. The van der Waals surface area contributed by atoms with Crippen molar-refractivity contribution in [2.45, 2.75) is 19.9 Å². The lowest BCUT2D eigenvalue weighted by molar-refractivity contribution is 0.112. The first-order valence-electron chi connectivity index (χ1n) is 7.72. The number of aromatic nitrogens is 1. The molecule has 1 heterocycles. The van der Waals surface area contributed by atoms with Crippen molar-refractivity contribution in [3.63, 3.8) is 0 Å². The third-order valence-electron chi connectivity index (χ3n) is 4.45. The first-order valence-corrected chi connectivity index (χ1v) is 7.72. The molecule has 0 unspecified atom stereocenters. The van der Waals surface area contributed by atoms with Gasteiger partial charge in [0.2, 0.25) is 0 Å². The minimum absolute atomic E-state index is 0.259. The fraction of sp³-hybridized carbons (Fsp3) is 0.150. The Morgan fingerprint density at radius 3 is 2.48 bits per heavy atom. The van der Waals surface area contributed by atoms with Gasteiger partial charge in [0.1, 0.15) is 5.82 Å². The van der Waals surface area contributed by atoms with E-state index >= 15 is 0 Å². The van der Waals surface area contributed by atoms with Crippen molar-refractivity contribution >= 4 is 38.9 Å². The average molecular weight is 305 g/mol. The number of carbonyl (C=O) groups is 1. The number of rotatable bonds is 2. The number of benzene rings is 3. The number of para-hydroxylation sites is 1. The maximum atomic E-state index is 13.7. The summed E-state index contributed by atoms with van der Waals surface area (Å²) >= 11 is 0. The Labute approximate surface area is 133 Å². The Hall–Kier alpha value is -2.68. The Balaban J connectivity index is 2.36. The van der Waals surface area contributed by atoms with Gasteiger partial charge < -0.3 is 4.57 Å². The van der Waals surface area contributed by atoms with Gasteiger partial charge in [-0.2, -0.15) is 0 Å². The summed E-state index contributed by atoms with van der Waals surface area (Å²) < 4.78 is 15.9. The molecule has 0 aliphatic rings. The van der Waals surface area contributed by atoms with E-state index in [2.05, 4.69) is 30.5 Å². The second-order valence-electron chi connectivity index (χ2n) is 6.15. The second-order valence-corrected chi connectivity index (χ2v) is 6.15. The number of hydrogen-bond donors (Lipinski definition) is 0. The summed E-state index contributed by atoms with van der Waals surface area (Å²) in [5.74, 6) is -0.326. The molecule has 0 atom stereocenters. The zero-order valence-corrected chi connectivity index (χ0v) is 13.0. The van der Waals surface area contributed by atoms with Gasteiger partial charge in [-0.25, -0.2) is 4.39 Å². The van der Waals surface area contributed by atoms with Crippen molar-refractivity contribution in [2.24, 2.45) is 0 Å². The molecule has 0 fully saturated rings. The quantitative estimate of drug-likeness (QED) is 0.449. The van der Waals surface area contributed by atoms with Crippen LogP contribution in [-0.4, -0.2) is 10.9 Å². The summed E-state index contributed by atoms with van der Waals surface area (Å²) in [7, 11) is 0. The molecule has 4 rings (SSSR count). The number of carbonyl (C=O) groups excluding carboxylic acids is 1. The van der Waals surface area contributed by atoms with Crippen LogP contribution in [0.5, 0.6) is 0 Å². The predicted molar refractivity (Wildman–Crippen MR) is 92.7 cm³/mol. The number of hydrogen-bond acceptors (Lipinski definition) is 1. The van der Waals surface area contributed by atoms with Crippen LogP contribution in [0.25, 0.3) is 32.6 Å². The first kappa shape index (κ1) is 13.9. The standard InChI is InChI=1S/C20H16FNO/c1-12(2)22-18-6-4-3-5-16(18)20-15-8-7-14(21)10-17(15)13(11-23)9-19(20)22/h3-12H,1-2H3. The third-order valence-corrected chi connectivity index (χ3v) is 4.45. The highest BCUT2D eigenvalue weighted by Crippen LogP contribution is 2.38. The Morgan fingerprint density at radius 1 is 0.957 bits per heavy atom. The highest BCUT2D eigenvalue weighted by Gasteiger charge is 2.17. The number of halogens is 1. The van der Waals surface area contributed by atoms with E-state index in [0.717, 1.165) is 33.5 Å². The molecule has 0 bridgehead atoms. The van der Waals surface area contributed by atoms with Gasteiger partial charge in [-0.3, -0.25) is 4.79 Å². The topological polar surface area (TPSA) is 22.0 Å². The van der Waals surface area contributed by atoms with Gasteiger partial charge in [-0.05, 0) is 48.9 Å². The molecule has 4 aromatic rings. The van der Waals surface area contributed by atoms with Gasteiger partial charge in [0, 0.05) is 27.9 Å². The molecule has 0 N–H and O–H groups in total. The highest BCUT2D eigenvalue weighted by atomic mass is 19.1. The molecule has 0 aliphatic heterocycles. The smallest absolute Gasteiger partial charge is 0.150 e. The van der Waals surface area contributed by atoms with Gasteiger partial charge in [-0.15, -0.1) is 0 Å². The van der Waals surface area contributed by atoms with Gasteiger partial charge in [0.25, 0.3) is 0 Å². The molecule has 2 nitrogen and oxygen atoms in total. The summed E-state index contributed by atoms with van der Waals surface area (Å²) in [6, 6.07) is 15.0. The van der Waals surface area contributed by atoms with Gasteiger partial charge >= 0.3 is 0 Å². The van der Waals surface area contributed by atoms with Crippen molar-refractivity contribution in [1.29, 1.82) is 0 Å². The van der Waals surface area contributed by atoms with Crippen molar-refractivity contribution in [3.8, 4) is 0 Å². The van der Waals surface area contributed by atoms with E-state index in [0.29, 0.717) is 10.9 Å². The van der Waals surface area contributed by atoms with Crippen LogP contribution < -0.4 is 0 Å². The normalized spacial score (nSPS) is 11.8. The molecule has 114 valence electrons. The van der Waals surface area contributed by atoms with Crippen molar-refractivity contribution < 1.29 is 9.18 Å². The monoisotopic (exact) mass is 305 g/mol. The molecule has 0 amide bonds. The first-order chi connectivity index (χ1) is 11.1. The number of nitrogens with zero attached hydrogens (tertiary/aromatic N) is 1. The molecule has 3 heteroatoms. The molecular formula is C20H16FNO. The SMILES string of the molecule is CC(C)n1c2ccccc2c2c3ccc(F)cc3c(C=O)cc21. The molecular weight excluding hydrogens is 289 g/mol. The second kappa shape index (κ2) is 4.92. The molecule has 0 radical (unpaired) electrons. The molecule has 0 aliphatic carbocycles. The van der Waals surface area contributed by atoms with Crippen molar-refractivity contribution in [3.05, 3.63) is 59.9 Å². The fourth-order valence-electron chi connectivity index (χ4n) is 3.56. The molecule has 0 saturated heterocycles. The van der Waals surface area contributed by atoms with E-state index in [1.54, 1.807) is 6.07 Å². The van der Waals surface area contributed by atoms with Gasteiger partial charge in [-0.1, -0.05) is 24.3 Å². The van der Waals surface area contributed by atoms with E-state index in [9.17, 15) is 9.18 Å². The third kappa shape index (κ3) is 1.89. The van der Waals surface area contributed by atoms with Crippen LogP contribution in [0.2, 0.25) is 0 Å². The molecule has 0 spiro atoms. The van der Waals surface area contributed by atoms with Crippen LogP contribution in [0.4, 0.5) is 4.39 Å². The Kier molecular flexibility index (Phi) is 2.98. The summed E-state index contributed by atoms with van der Waals surface area (Å²) in [5.41, 5.74) is 2.67. The van der Waals surface area contributed by atoms with E-state index in [-0.39, 0.29) is 11.9 Å². The van der Waals surface area contributed by atoms with Crippen LogP contribution >= 0.6 is 0 Å². The summed E-state index contributed by atoms with van der Waals surface area (Å²) in [4.78, 5) is 11.5. The van der Waals surface area contributed by atoms with Crippen LogP contribution in [0.1, 0.15) is 30.2 Å². The van der Waals surface area contributed by atoms with Crippen LogP contribution in [0.3, 0.4) is 0 Å². The van der Waals surface area contributed by atoms with E-state index < -0.39 is 0 Å². The molecule has 3 aromatic carbocycles. The van der Waals surface area contributed by atoms with Crippen LogP contribution in [0, 0.1) is 5.82 Å². The average Bonchev–Trinajstić information content (AvgIpc) is 2.88. The van der Waals surface area contributed by atoms with Crippen LogP contribution in [0.15, 0.2) is 48.5 Å². The zero-order chi connectivity index (χ0) is 16.1. The Bertz CT molecular complexity index is 1080. The lowest BCUT2D eigenvalue weighted by Crippen LogP contribution is -2.00. The van der Waals surface area contributed by atoms with Crippen molar-refractivity contribution in [2.75, 3.05) is 0 Å². The van der Waals surface area contributed by atoms with Gasteiger partial charge in [0.05, 0.1) is 5.52 Å². The van der Waals surface area contributed by atoms with Gasteiger partial charge in [0.15, 0.2) is 6.29 Å². The number of fused-ring (bicyclic) bond motifs is 5. The zero-order valence-electron chi connectivity index (χ0n) is 13.0. The maximum Gasteiger partial charge on any atom is 0.150 e. The highest BCUT2D eigenvalue weighted by molar-refractivity contribution is 6.23. The predicted octanol–water partition coefficient (Wildman–Crippen LogP) is 5.48. The lowest BCUT2D eigenvalue weighted by Gasteiger charge is -2.12. The maximum absolute atomic E-state index is 13.7. The fourth-order valence-corrected chi connectivity index (χ4v) is 3.56. The summed E-state index contributed by atoms with van der Waals surface area (Å²) in [5, 5.41) is 3.79. The molecule has 0 saturated carbocycles. The summed E-state index contributed by atoms with van der Waals surface area (Å²) in [6.07, 6.45) is 0.809. The minimum atomic E-state index is -0.326. The molecule has 1 aromatic heterocycles. The van der Waals surface area contributed by atoms with E-state index in [4.69, 9.17) is 0 Å². The van der Waals surface area contributed by atoms with E-state index in [1.807, 2.05) is 18.2 Å². The largest absolute Gasteiger partial charge is 0.338 e.